The first kappa shape index (κ1) is 16.5. The molecule has 2 aromatic carbocycles. The number of benzene rings is 2. The van der Waals surface area contributed by atoms with Gasteiger partial charge in [-0.15, -0.1) is 0 Å². The number of carbonyl (C=O) groups excluding carboxylic acids is 2. The van der Waals surface area contributed by atoms with Crippen LogP contribution in [0.15, 0.2) is 66.7 Å². The summed E-state index contributed by atoms with van der Waals surface area (Å²) in [7, 11) is 0. The summed E-state index contributed by atoms with van der Waals surface area (Å²) in [5.74, 6) is -2.39. The van der Waals surface area contributed by atoms with Crippen molar-refractivity contribution in [1.29, 1.82) is 0 Å². The van der Waals surface area contributed by atoms with E-state index in [-0.39, 0.29) is 18.4 Å². The van der Waals surface area contributed by atoms with Crippen LogP contribution in [-0.4, -0.2) is 16.5 Å². The van der Waals surface area contributed by atoms with Crippen LogP contribution in [0, 0.1) is 0 Å². The molecule has 0 saturated carbocycles. The van der Waals surface area contributed by atoms with Crippen LogP contribution in [0.4, 0.5) is 0 Å². The first-order valence-corrected chi connectivity index (χ1v) is 7.84. The van der Waals surface area contributed by atoms with Crippen LogP contribution < -0.4 is 10.2 Å². The molecule has 3 rings (SSSR count). The van der Waals surface area contributed by atoms with Gasteiger partial charge in [0.05, 0.1) is 11.7 Å². The molecule has 0 unspecified atom stereocenters. The van der Waals surface area contributed by atoms with Gasteiger partial charge in [0.2, 0.25) is 0 Å². The van der Waals surface area contributed by atoms with Gasteiger partial charge in [0.15, 0.2) is 0 Å². The molecule has 126 valence electrons. The number of hydrogen-bond acceptors (Lipinski definition) is 4. The minimum Gasteiger partial charge on any atom is -0.550 e. The molecule has 0 bridgehead atoms. The van der Waals surface area contributed by atoms with Gasteiger partial charge >= 0.3 is 0 Å². The Balaban J connectivity index is 2.14. The highest BCUT2D eigenvalue weighted by atomic mass is 16.4. The Kier molecular flexibility index (Phi) is 4.66. The lowest BCUT2D eigenvalue weighted by Crippen LogP contribution is -2.23. The summed E-state index contributed by atoms with van der Waals surface area (Å²) in [4.78, 5) is 22.0. The lowest BCUT2D eigenvalue weighted by atomic mass is 10.1. The summed E-state index contributed by atoms with van der Waals surface area (Å²) in [5, 5.41) is 22.0. The van der Waals surface area contributed by atoms with Crippen molar-refractivity contribution < 1.29 is 19.8 Å². The van der Waals surface area contributed by atoms with Gasteiger partial charge in [-0.2, -0.15) is 0 Å². The Morgan fingerprint density at radius 2 is 1.64 bits per heavy atom. The third-order valence-electron chi connectivity index (χ3n) is 3.96. The molecule has 5 nitrogen and oxygen atoms in total. The standard InChI is InChI=1S/C20H17NO4/c22-19(23)12-10-16-9-11-18(14-5-2-1-3-6-14)21(16)17-8-4-7-15(13-17)20(24)25/h1-9,11,13H,10,12H2,(H,22,23)(H,24,25)/p-2. The van der Waals surface area contributed by atoms with E-state index in [9.17, 15) is 19.8 Å². The minimum atomic E-state index is -1.26. The van der Waals surface area contributed by atoms with Crippen molar-refractivity contribution in [3.8, 4) is 16.9 Å². The molecule has 3 aromatic rings. The third-order valence-corrected chi connectivity index (χ3v) is 3.96. The number of carbonyl (C=O) groups is 2. The molecule has 0 aliphatic heterocycles. The fourth-order valence-electron chi connectivity index (χ4n) is 2.82. The first-order valence-electron chi connectivity index (χ1n) is 7.84. The zero-order valence-electron chi connectivity index (χ0n) is 13.3. The SMILES string of the molecule is O=C([O-])CCc1ccc(-c2ccccc2)n1-c1cccc(C(=O)[O-])c1. The second-order valence-corrected chi connectivity index (χ2v) is 5.62. The topological polar surface area (TPSA) is 85.2 Å². The zero-order chi connectivity index (χ0) is 17.8. The predicted molar refractivity (Wildman–Crippen MR) is 88.9 cm³/mol. The molecule has 0 saturated heterocycles. The maximum atomic E-state index is 11.2. The first-order chi connectivity index (χ1) is 12.1. The second kappa shape index (κ2) is 7.05. The summed E-state index contributed by atoms with van der Waals surface area (Å²) < 4.78 is 1.87. The van der Waals surface area contributed by atoms with Gasteiger partial charge in [-0.05, 0) is 48.2 Å². The average molecular weight is 333 g/mol. The lowest BCUT2D eigenvalue weighted by Gasteiger charge is -2.16. The van der Waals surface area contributed by atoms with Gasteiger partial charge in [0.1, 0.15) is 0 Å². The number of carboxylic acids is 2. The van der Waals surface area contributed by atoms with Crippen LogP contribution in [0.1, 0.15) is 22.5 Å². The molecule has 0 atom stereocenters. The molecule has 1 aromatic heterocycles. The van der Waals surface area contributed by atoms with Gasteiger partial charge in [0, 0.05) is 17.4 Å². The molecular weight excluding hydrogens is 318 g/mol. The smallest absolute Gasteiger partial charge is 0.0716 e. The van der Waals surface area contributed by atoms with E-state index in [0.29, 0.717) is 5.69 Å². The van der Waals surface area contributed by atoms with Crippen molar-refractivity contribution in [2.45, 2.75) is 12.8 Å². The zero-order valence-corrected chi connectivity index (χ0v) is 13.3. The number of aryl methyl sites for hydroxylation is 1. The monoisotopic (exact) mass is 333 g/mol. The normalized spacial score (nSPS) is 10.6. The quantitative estimate of drug-likeness (QED) is 0.678. The van der Waals surface area contributed by atoms with Crippen LogP contribution in [0.2, 0.25) is 0 Å². The van der Waals surface area contributed by atoms with Gasteiger partial charge in [-0.1, -0.05) is 42.5 Å². The number of aromatic carboxylic acids is 1. The van der Waals surface area contributed by atoms with E-state index in [1.807, 2.05) is 47.0 Å². The number of aromatic nitrogens is 1. The van der Waals surface area contributed by atoms with E-state index in [0.717, 1.165) is 17.0 Å². The number of rotatable bonds is 6. The molecule has 0 spiro atoms. The lowest BCUT2D eigenvalue weighted by molar-refractivity contribution is -0.305. The van der Waals surface area contributed by atoms with Crippen molar-refractivity contribution in [1.82, 2.24) is 4.57 Å². The largest absolute Gasteiger partial charge is 0.550 e. The average Bonchev–Trinajstić information content (AvgIpc) is 3.04. The number of hydrogen-bond donors (Lipinski definition) is 0. The Bertz CT molecular complexity index is 912. The van der Waals surface area contributed by atoms with Crippen LogP contribution >= 0.6 is 0 Å². The van der Waals surface area contributed by atoms with Crippen LogP contribution in [0.5, 0.6) is 0 Å². The molecular formula is C20H15NO4-2. The van der Waals surface area contributed by atoms with Gasteiger partial charge in [-0.3, -0.25) is 0 Å². The molecule has 0 aliphatic carbocycles. The van der Waals surface area contributed by atoms with Crippen LogP contribution in [-0.2, 0) is 11.2 Å². The van der Waals surface area contributed by atoms with Crippen molar-refractivity contribution >= 4 is 11.9 Å². The number of aliphatic carboxylic acids is 1. The van der Waals surface area contributed by atoms with Gasteiger partial charge in [-0.25, -0.2) is 0 Å². The highest BCUT2D eigenvalue weighted by Gasteiger charge is 2.12. The Morgan fingerprint density at radius 1 is 0.880 bits per heavy atom. The van der Waals surface area contributed by atoms with Crippen LogP contribution in [0.25, 0.3) is 16.9 Å². The van der Waals surface area contributed by atoms with E-state index >= 15 is 0 Å². The highest BCUT2D eigenvalue weighted by molar-refractivity contribution is 5.86. The molecule has 0 radical (unpaired) electrons. The maximum Gasteiger partial charge on any atom is 0.0716 e. The van der Waals surface area contributed by atoms with Crippen molar-refractivity contribution in [3.63, 3.8) is 0 Å². The Labute approximate surface area is 144 Å². The number of nitrogens with zero attached hydrogens (tertiary/aromatic N) is 1. The van der Waals surface area contributed by atoms with Gasteiger partial charge in [0.25, 0.3) is 0 Å². The molecule has 5 heteroatoms. The van der Waals surface area contributed by atoms with E-state index in [2.05, 4.69) is 0 Å². The predicted octanol–water partition coefficient (Wildman–Crippen LogP) is 1.19. The Morgan fingerprint density at radius 3 is 2.32 bits per heavy atom. The summed E-state index contributed by atoms with van der Waals surface area (Å²) in [5.41, 5.74) is 3.26. The highest BCUT2D eigenvalue weighted by Crippen LogP contribution is 2.27. The Hall–Kier alpha value is -3.34. The van der Waals surface area contributed by atoms with E-state index in [1.54, 1.807) is 12.1 Å². The summed E-state index contributed by atoms with van der Waals surface area (Å²) in [6.45, 7) is 0. The molecule has 0 amide bonds. The van der Waals surface area contributed by atoms with E-state index < -0.39 is 11.9 Å². The fraction of sp³-hybridized carbons (Fsp3) is 0.100. The summed E-state index contributed by atoms with van der Waals surface area (Å²) >= 11 is 0. The maximum absolute atomic E-state index is 11.2. The van der Waals surface area contributed by atoms with Gasteiger partial charge < -0.3 is 24.4 Å². The summed E-state index contributed by atoms with van der Waals surface area (Å²) in [6, 6.07) is 19.7. The van der Waals surface area contributed by atoms with Crippen LogP contribution in [0.3, 0.4) is 0 Å². The molecule has 25 heavy (non-hydrogen) atoms. The number of carboxylic acid groups (broad SMARTS) is 2. The van der Waals surface area contributed by atoms with Crippen molar-refractivity contribution in [2.75, 3.05) is 0 Å². The molecule has 0 N–H and O–H groups in total. The molecule has 1 heterocycles. The second-order valence-electron chi connectivity index (χ2n) is 5.62. The van der Waals surface area contributed by atoms with Crippen molar-refractivity contribution in [3.05, 3.63) is 78.0 Å². The fourth-order valence-corrected chi connectivity index (χ4v) is 2.82. The van der Waals surface area contributed by atoms with E-state index in [4.69, 9.17) is 0 Å². The molecule has 0 aliphatic rings. The van der Waals surface area contributed by atoms with E-state index in [1.165, 1.54) is 12.1 Å². The third kappa shape index (κ3) is 3.61. The summed E-state index contributed by atoms with van der Waals surface area (Å²) in [6.07, 6.45) is 0.170. The molecule has 0 fully saturated rings. The minimum absolute atomic E-state index is 0.0658. The van der Waals surface area contributed by atoms with Crippen molar-refractivity contribution in [2.24, 2.45) is 0 Å².